The van der Waals surface area contributed by atoms with Gasteiger partial charge in [-0.05, 0) is 31.9 Å². The van der Waals surface area contributed by atoms with Crippen molar-refractivity contribution in [3.8, 4) is 0 Å². The monoisotopic (exact) mass is 254 g/mol. The predicted octanol–water partition coefficient (Wildman–Crippen LogP) is 2.59. The molecule has 0 aliphatic carbocycles. The summed E-state index contributed by atoms with van der Waals surface area (Å²) < 4.78 is 5.37. The molecule has 0 atom stereocenters. The van der Waals surface area contributed by atoms with Crippen LogP contribution in [0.1, 0.15) is 18.4 Å². The Hall–Kier alpha value is -0.640. The number of rotatable bonds is 4. The van der Waals surface area contributed by atoms with Crippen LogP contribution in [0.4, 0.5) is 0 Å². The Bertz CT molecular complexity index is 353. The molecule has 4 heteroatoms. The van der Waals surface area contributed by atoms with E-state index in [0.29, 0.717) is 5.15 Å². The van der Waals surface area contributed by atoms with Crippen molar-refractivity contribution in [1.82, 2.24) is 9.88 Å². The fourth-order valence-corrected chi connectivity index (χ4v) is 2.44. The molecular weight excluding hydrogens is 236 g/mol. The molecule has 1 saturated heterocycles. The van der Waals surface area contributed by atoms with Gasteiger partial charge in [0, 0.05) is 38.1 Å². The third-order valence-electron chi connectivity index (χ3n) is 3.19. The van der Waals surface area contributed by atoms with E-state index >= 15 is 0 Å². The van der Waals surface area contributed by atoms with Crippen LogP contribution in [0, 0.1) is 5.92 Å². The molecule has 1 aromatic heterocycles. The highest BCUT2D eigenvalue weighted by atomic mass is 35.5. The van der Waals surface area contributed by atoms with Crippen molar-refractivity contribution in [2.24, 2.45) is 5.92 Å². The first-order valence-electron chi connectivity index (χ1n) is 6.11. The summed E-state index contributed by atoms with van der Waals surface area (Å²) in [6, 6.07) is 3.97. The molecule has 0 radical (unpaired) electrons. The van der Waals surface area contributed by atoms with Crippen LogP contribution < -0.4 is 0 Å². The lowest BCUT2D eigenvalue weighted by atomic mass is 10.00. The van der Waals surface area contributed by atoms with Crippen molar-refractivity contribution in [2.45, 2.75) is 19.4 Å². The number of ether oxygens (including phenoxy) is 1. The lowest BCUT2D eigenvalue weighted by Crippen LogP contribution is -2.29. The molecule has 0 bridgehead atoms. The predicted molar refractivity (Wildman–Crippen MR) is 69.1 cm³/mol. The maximum Gasteiger partial charge on any atom is 0.133 e. The lowest BCUT2D eigenvalue weighted by molar-refractivity contribution is 0.0549. The number of hydrogen-bond donors (Lipinski definition) is 0. The highest BCUT2D eigenvalue weighted by molar-refractivity contribution is 6.30. The molecule has 0 spiro atoms. The second kappa shape index (κ2) is 6.34. The molecule has 1 aromatic rings. The molecule has 0 amide bonds. The Kier molecular flexibility index (Phi) is 4.77. The van der Waals surface area contributed by atoms with Crippen molar-refractivity contribution in [1.29, 1.82) is 0 Å². The van der Waals surface area contributed by atoms with E-state index in [0.717, 1.165) is 37.8 Å². The molecule has 1 aliphatic rings. The standard InChI is InChI=1S/C13H19ClN2O/c1-16(9-11-4-7-17-8-5-11)10-12-3-2-6-15-13(12)14/h2-3,6,11H,4-5,7-10H2,1H3. The minimum absolute atomic E-state index is 0.617. The van der Waals surface area contributed by atoms with Crippen molar-refractivity contribution in [3.63, 3.8) is 0 Å². The van der Waals surface area contributed by atoms with Crippen LogP contribution in [-0.4, -0.2) is 36.7 Å². The van der Waals surface area contributed by atoms with E-state index in [9.17, 15) is 0 Å². The normalized spacial score (nSPS) is 17.6. The average Bonchev–Trinajstić information content (AvgIpc) is 2.33. The number of hydrogen-bond acceptors (Lipinski definition) is 3. The smallest absolute Gasteiger partial charge is 0.133 e. The summed E-state index contributed by atoms with van der Waals surface area (Å²) in [4.78, 5) is 6.42. The molecule has 0 saturated carbocycles. The summed E-state index contributed by atoms with van der Waals surface area (Å²) in [6.07, 6.45) is 4.07. The van der Waals surface area contributed by atoms with E-state index < -0.39 is 0 Å². The number of nitrogens with zero attached hydrogens (tertiary/aromatic N) is 2. The SMILES string of the molecule is CN(Cc1cccnc1Cl)CC1CCOCC1. The van der Waals surface area contributed by atoms with E-state index in [1.54, 1.807) is 6.20 Å². The molecule has 1 aliphatic heterocycles. The van der Waals surface area contributed by atoms with Gasteiger partial charge in [0.2, 0.25) is 0 Å². The zero-order chi connectivity index (χ0) is 12.1. The maximum atomic E-state index is 6.05. The van der Waals surface area contributed by atoms with Crippen molar-refractivity contribution < 1.29 is 4.74 Å². The van der Waals surface area contributed by atoms with Crippen LogP contribution in [0.15, 0.2) is 18.3 Å². The van der Waals surface area contributed by atoms with Crippen LogP contribution in [-0.2, 0) is 11.3 Å². The molecule has 17 heavy (non-hydrogen) atoms. The summed E-state index contributed by atoms with van der Waals surface area (Å²) in [5.41, 5.74) is 1.10. The van der Waals surface area contributed by atoms with Crippen LogP contribution in [0.5, 0.6) is 0 Å². The van der Waals surface area contributed by atoms with E-state index in [1.165, 1.54) is 12.8 Å². The minimum atomic E-state index is 0.617. The van der Waals surface area contributed by atoms with Gasteiger partial charge in [0.25, 0.3) is 0 Å². The fraction of sp³-hybridized carbons (Fsp3) is 0.615. The van der Waals surface area contributed by atoms with Gasteiger partial charge < -0.3 is 9.64 Å². The molecule has 2 rings (SSSR count). The van der Waals surface area contributed by atoms with E-state index in [-0.39, 0.29) is 0 Å². The molecule has 2 heterocycles. The molecule has 3 nitrogen and oxygen atoms in total. The van der Waals surface area contributed by atoms with Gasteiger partial charge in [-0.1, -0.05) is 17.7 Å². The highest BCUT2D eigenvalue weighted by Gasteiger charge is 2.16. The quantitative estimate of drug-likeness (QED) is 0.773. The summed E-state index contributed by atoms with van der Waals surface area (Å²) in [5, 5.41) is 0.617. The summed E-state index contributed by atoms with van der Waals surface area (Å²) in [7, 11) is 2.14. The molecule has 1 fully saturated rings. The average molecular weight is 255 g/mol. The third kappa shape index (κ3) is 3.95. The van der Waals surface area contributed by atoms with E-state index in [1.807, 2.05) is 12.1 Å². The Morgan fingerprint density at radius 3 is 2.94 bits per heavy atom. The van der Waals surface area contributed by atoms with Crippen molar-refractivity contribution >= 4 is 11.6 Å². The summed E-state index contributed by atoms with van der Waals surface area (Å²) in [6.45, 7) is 3.79. The fourth-order valence-electron chi connectivity index (χ4n) is 2.26. The molecule has 94 valence electrons. The topological polar surface area (TPSA) is 25.4 Å². The lowest BCUT2D eigenvalue weighted by Gasteiger charge is -2.27. The van der Waals surface area contributed by atoms with Gasteiger partial charge in [0.15, 0.2) is 0 Å². The molecular formula is C13H19ClN2O. The number of pyridine rings is 1. The summed E-state index contributed by atoms with van der Waals surface area (Å²) >= 11 is 6.05. The zero-order valence-electron chi connectivity index (χ0n) is 10.2. The largest absolute Gasteiger partial charge is 0.381 e. The first-order valence-corrected chi connectivity index (χ1v) is 6.49. The molecule has 0 N–H and O–H groups in total. The van der Waals surface area contributed by atoms with Crippen molar-refractivity contribution in [3.05, 3.63) is 29.0 Å². The van der Waals surface area contributed by atoms with E-state index in [2.05, 4.69) is 16.9 Å². The molecule has 0 aromatic carbocycles. The number of halogens is 1. The van der Waals surface area contributed by atoms with Gasteiger partial charge in [0.05, 0.1) is 0 Å². The Balaban J connectivity index is 1.84. The molecule has 0 unspecified atom stereocenters. The summed E-state index contributed by atoms with van der Waals surface area (Å²) in [5.74, 6) is 0.754. The first-order chi connectivity index (χ1) is 8.25. The highest BCUT2D eigenvalue weighted by Crippen LogP contribution is 2.18. The maximum absolute atomic E-state index is 6.05. The van der Waals surface area contributed by atoms with Gasteiger partial charge >= 0.3 is 0 Å². The Labute approximate surface area is 108 Å². The first kappa shape index (κ1) is 12.8. The van der Waals surface area contributed by atoms with Gasteiger partial charge in [-0.2, -0.15) is 0 Å². The van der Waals surface area contributed by atoms with Crippen LogP contribution in [0.2, 0.25) is 5.15 Å². The van der Waals surface area contributed by atoms with Gasteiger partial charge in [-0.25, -0.2) is 4.98 Å². The zero-order valence-corrected chi connectivity index (χ0v) is 11.0. The van der Waals surface area contributed by atoms with Gasteiger partial charge in [0.1, 0.15) is 5.15 Å². The number of aromatic nitrogens is 1. The van der Waals surface area contributed by atoms with Crippen LogP contribution >= 0.6 is 11.6 Å². The van der Waals surface area contributed by atoms with Crippen molar-refractivity contribution in [2.75, 3.05) is 26.8 Å². The third-order valence-corrected chi connectivity index (χ3v) is 3.53. The Morgan fingerprint density at radius 1 is 1.47 bits per heavy atom. The second-order valence-electron chi connectivity index (χ2n) is 4.71. The minimum Gasteiger partial charge on any atom is -0.381 e. The van der Waals surface area contributed by atoms with Crippen LogP contribution in [0.25, 0.3) is 0 Å². The second-order valence-corrected chi connectivity index (χ2v) is 5.06. The Morgan fingerprint density at radius 2 is 2.24 bits per heavy atom. The van der Waals surface area contributed by atoms with Gasteiger partial charge in [-0.15, -0.1) is 0 Å². The van der Waals surface area contributed by atoms with Crippen LogP contribution in [0.3, 0.4) is 0 Å². The van der Waals surface area contributed by atoms with Gasteiger partial charge in [-0.3, -0.25) is 0 Å². The van der Waals surface area contributed by atoms with E-state index in [4.69, 9.17) is 16.3 Å².